The molecule has 2 fully saturated rings. The van der Waals surface area contributed by atoms with Crippen molar-refractivity contribution in [2.75, 3.05) is 44.2 Å². The van der Waals surface area contributed by atoms with E-state index in [0.29, 0.717) is 26.1 Å². The largest absolute Gasteiger partial charge is 0.373 e. The molecule has 4 rings (SSSR count). The summed E-state index contributed by atoms with van der Waals surface area (Å²) in [4.78, 5) is 29.0. The van der Waals surface area contributed by atoms with Crippen LogP contribution in [-0.4, -0.2) is 61.6 Å². The van der Waals surface area contributed by atoms with E-state index in [-0.39, 0.29) is 17.4 Å². The fourth-order valence-electron chi connectivity index (χ4n) is 4.57. The van der Waals surface area contributed by atoms with Crippen molar-refractivity contribution in [2.45, 2.75) is 44.6 Å². The zero-order valence-corrected chi connectivity index (χ0v) is 16.1. The summed E-state index contributed by atoms with van der Waals surface area (Å²) in [7, 11) is 0. The van der Waals surface area contributed by atoms with Gasteiger partial charge < -0.3 is 15.0 Å². The number of piperidine rings is 1. The van der Waals surface area contributed by atoms with Crippen LogP contribution in [0.15, 0.2) is 18.2 Å². The number of hydrogen-bond acceptors (Lipinski definition) is 4. The minimum atomic E-state index is -0.338. The number of rotatable bonds is 2. The van der Waals surface area contributed by atoms with Crippen LogP contribution >= 0.6 is 0 Å². The SMILES string of the molecule is Cc1ccc2c(c1)CCCN2C(=O)CN1CCC2(CC1)CC(=O)NCCO2. The van der Waals surface area contributed by atoms with Crippen LogP contribution in [0.1, 0.15) is 36.8 Å². The van der Waals surface area contributed by atoms with Gasteiger partial charge in [-0.15, -0.1) is 0 Å². The van der Waals surface area contributed by atoms with Gasteiger partial charge in [-0.25, -0.2) is 0 Å². The molecule has 0 aromatic heterocycles. The molecule has 0 aliphatic carbocycles. The van der Waals surface area contributed by atoms with Gasteiger partial charge in [0.05, 0.1) is 25.2 Å². The maximum Gasteiger partial charge on any atom is 0.241 e. The molecule has 0 saturated carbocycles. The van der Waals surface area contributed by atoms with Crippen LogP contribution in [0.4, 0.5) is 5.69 Å². The molecule has 27 heavy (non-hydrogen) atoms. The Bertz CT molecular complexity index is 725. The highest BCUT2D eigenvalue weighted by atomic mass is 16.5. The lowest BCUT2D eigenvalue weighted by Gasteiger charge is -2.41. The number of aryl methyl sites for hydroxylation is 2. The minimum Gasteiger partial charge on any atom is -0.373 e. The van der Waals surface area contributed by atoms with Gasteiger partial charge in [0.15, 0.2) is 0 Å². The van der Waals surface area contributed by atoms with Gasteiger partial charge in [0.25, 0.3) is 0 Å². The molecule has 146 valence electrons. The quantitative estimate of drug-likeness (QED) is 0.859. The molecule has 6 heteroatoms. The average Bonchev–Trinajstić information content (AvgIpc) is 2.84. The highest BCUT2D eigenvalue weighted by molar-refractivity contribution is 5.96. The molecule has 1 aromatic rings. The zero-order chi connectivity index (χ0) is 18.9. The summed E-state index contributed by atoms with van der Waals surface area (Å²) in [6.07, 6.45) is 4.13. The molecule has 0 unspecified atom stereocenters. The maximum atomic E-state index is 13.0. The summed E-state index contributed by atoms with van der Waals surface area (Å²) in [5, 5.41) is 2.88. The first-order valence-corrected chi connectivity index (χ1v) is 10.1. The fourth-order valence-corrected chi connectivity index (χ4v) is 4.57. The van der Waals surface area contributed by atoms with Gasteiger partial charge in [0.2, 0.25) is 11.8 Å². The van der Waals surface area contributed by atoms with E-state index in [1.165, 1.54) is 11.1 Å². The third-order valence-corrected chi connectivity index (χ3v) is 6.10. The number of anilines is 1. The lowest BCUT2D eigenvalue weighted by Crippen LogP contribution is -2.50. The molecule has 2 saturated heterocycles. The second-order valence-electron chi connectivity index (χ2n) is 8.12. The van der Waals surface area contributed by atoms with Crippen molar-refractivity contribution in [3.05, 3.63) is 29.3 Å². The third kappa shape index (κ3) is 4.01. The first-order chi connectivity index (χ1) is 13.0. The standard InChI is InChI=1S/C21H29N3O3/c1-16-4-5-18-17(13-16)3-2-9-24(18)20(26)15-23-10-6-21(7-11-23)14-19(25)22-8-12-27-21/h4-5,13H,2-3,6-12,14-15H2,1H3,(H,22,25). The smallest absolute Gasteiger partial charge is 0.241 e. The van der Waals surface area contributed by atoms with Gasteiger partial charge >= 0.3 is 0 Å². The Morgan fingerprint density at radius 1 is 1.26 bits per heavy atom. The van der Waals surface area contributed by atoms with Crippen molar-refractivity contribution in [1.82, 2.24) is 10.2 Å². The second-order valence-corrected chi connectivity index (χ2v) is 8.12. The monoisotopic (exact) mass is 371 g/mol. The number of fused-ring (bicyclic) bond motifs is 1. The van der Waals surface area contributed by atoms with Gasteiger partial charge in [-0.2, -0.15) is 0 Å². The topological polar surface area (TPSA) is 61.9 Å². The molecule has 6 nitrogen and oxygen atoms in total. The molecular formula is C21H29N3O3. The van der Waals surface area contributed by atoms with Crippen LogP contribution in [0.5, 0.6) is 0 Å². The van der Waals surface area contributed by atoms with Gasteiger partial charge in [0.1, 0.15) is 0 Å². The predicted octanol–water partition coefficient (Wildman–Crippen LogP) is 1.65. The van der Waals surface area contributed by atoms with Gasteiger partial charge in [-0.05, 0) is 44.2 Å². The fraction of sp³-hybridized carbons (Fsp3) is 0.619. The van der Waals surface area contributed by atoms with Crippen molar-refractivity contribution >= 4 is 17.5 Å². The summed E-state index contributed by atoms with van der Waals surface area (Å²) in [6, 6.07) is 6.38. The van der Waals surface area contributed by atoms with E-state index in [9.17, 15) is 9.59 Å². The highest BCUT2D eigenvalue weighted by Gasteiger charge is 2.39. The van der Waals surface area contributed by atoms with Crippen LogP contribution in [0.3, 0.4) is 0 Å². The first-order valence-electron chi connectivity index (χ1n) is 10.1. The average molecular weight is 371 g/mol. The van der Waals surface area contributed by atoms with E-state index in [1.807, 2.05) is 4.90 Å². The van der Waals surface area contributed by atoms with E-state index in [0.717, 1.165) is 51.0 Å². The molecule has 3 aliphatic rings. The lowest BCUT2D eigenvalue weighted by atomic mass is 9.87. The summed E-state index contributed by atoms with van der Waals surface area (Å²) in [5.74, 6) is 0.257. The van der Waals surface area contributed by atoms with Crippen molar-refractivity contribution in [3.63, 3.8) is 0 Å². The van der Waals surface area contributed by atoms with Gasteiger partial charge in [-0.3, -0.25) is 14.5 Å². The summed E-state index contributed by atoms with van der Waals surface area (Å²) in [6.45, 7) is 6.11. The van der Waals surface area contributed by atoms with E-state index in [2.05, 4.69) is 35.3 Å². The Balaban J connectivity index is 1.37. The number of carbonyl (C=O) groups excluding carboxylic acids is 2. The number of likely N-dealkylation sites (tertiary alicyclic amines) is 1. The number of nitrogens with one attached hydrogen (secondary N) is 1. The summed E-state index contributed by atoms with van der Waals surface area (Å²) in [5.41, 5.74) is 3.27. The van der Waals surface area contributed by atoms with Gasteiger partial charge in [0, 0.05) is 31.9 Å². The highest BCUT2D eigenvalue weighted by Crippen LogP contribution is 2.32. The van der Waals surface area contributed by atoms with E-state index in [4.69, 9.17) is 4.74 Å². The van der Waals surface area contributed by atoms with Crippen molar-refractivity contribution in [2.24, 2.45) is 0 Å². The van der Waals surface area contributed by atoms with E-state index >= 15 is 0 Å². The Kier molecular flexibility index (Phi) is 5.19. The molecule has 1 spiro atoms. The number of nitrogens with zero attached hydrogens (tertiary/aromatic N) is 2. The normalized spacial score (nSPS) is 22.9. The summed E-state index contributed by atoms with van der Waals surface area (Å²) >= 11 is 0. The Morgan fingerprint density at radius 2 is 2.07 bits per heavy atom. The van der Waals surface area contributed by atoms with Crippen molar-refractivity contribution in [3.8, 4) is 0 Å². The second kappa shape index (κ2) is 7.60. The molecule has 0 bridgehead atoms. The van der Waals surface area contributed by atoms with Crippen LogP contribution in [0.25, 0.3) is 0 Å². The molecule has 3 heterocycles. The Hall–Kier alpha value is -1.92. The predicted molar refractivity (Wildman–Crippen MR) is 104 cm³/mol. The molecule has 1 aromatic carbocycles. The van der Waals surface area contributed by atoms with Gasteiger partial charge in [-0.1, -0.05) is 17.7 Å². The number of benzene rings is 1. The van der Waals surface area contributed by atoms with Crippen LogP contribution in [0.2, 0.25) is 0 Å². The van der Waals surface area contributed by atoms with Crippen LogP contribution < -0.4 is 10.2 Å². The molecule has 0 radical (unpaired) electrons. The molecular weight excluding hydrogens is 342 g/mol. The van der Waals surface area contributed by atoms with Crippen LogP contribution in [0, 0.1) is 6.92 Å². The number of hydrogen-bond donors (Lipinski definition) is 1. The van der Waals surface area contributed by atoms with Crippen LogP contribution in [-0.2, 0) is 20.7 Å². The third-order valence-electron chi connectivity index (χ3n) is 6.10. The molecule has 3 aliphatic heterocycles. The molecule has 1 N–H and O–H groups in total. The number of amides is 2. The van der Waals surface area contributed by atoms with Crippen molar-refractivity contribution in [1.29, 1.82) is 0 Å². The molecule has 2 amide bonds. The number of carbonyl (C=O) groups is 2. The Morgan fingerprint density at radius 3 is 2.89 bits per heavy atom. The lowest BCUT2D eigenvalue weighted by molar-refractivity contribution is -0.130. The van der Waals surface area contributed by atoms with E-state index in [1.54, 1.807) is 0 Å². The van der Waals surface area contributed by atoms with Crippen molar-refractivity contribution < 1.29 is 14.3 Å². The maximum absolute atomic E-state index is 13.0. The summed E-state index contributed by atoms with van der Waals surface area (Å²) < 4.78 is 6.02. The minimum absolute atomic E-state index is 0.0808. The van der Waals surface area contributed by atoms with E-state index < -0.39 is 0 Å². The number of ether oxygens (including phenoxy) is 1. The first kappa shape index (κ1) is 18.4. The zero-order valence-electron chi connectivity index (χ0n) is 16.1. The molecule has 0 atom stereocenters. The Labute approximate surface area is 160 Å².